The topological polar surface area (TPSA) is 110 Å². The lowest BCUT2D eigenvalue weighted by molar-refractivity contribution is -0.387. The Bertz CT molecular complexity index is 1040. The van der Waals surface area contributed by atoms with Crippen LogP contribution < -0.4 is 4.74 Å². The van der Waals surface area contributed by atoms with E-state index in [1.807, 2.05) is 24.3 Å². The van der Waals surface area contributed by atoms with E-state index in [2.05, 4.69) is 0 Å². The van der Waals surface area contributed by atoms with Crippen molar-refractivity contribution < 1.29 is 22.9 Å². The maximum atomic E-state index is 12.9. The molecule has 0 radical (unpaired) electrons. The zero-order valence-electron chi connectivity index (χ0n) is 15.4. The number of piperazine rings is 1. The molecule has 0 aromatic heterocycles. The average Bonchev–Trinajstić information content (AvgIpc) is 3.17. The Kier molecular flexibility index (Phi) is 4.97. The van der Waals surface area contributed by atoms with Crippen molar-refractivity contribution >= 4 is 21.6 Å². The van der Waals surface area contributed by atoms with E-state index in [1.54, 1.807) is 4.90 Å². The van der Waals surface area contributed by atoms with Crippen LogP contribution in [0.15, 0.2) is 53.4 Å². The molecule has 1 fully saturated rings. The van der Waals surface area contributed by atoms with Crippen LogP contribution in [0.25, 0.3) is 0 Å². The van der Waals surface area contributed by atoms with Crippen LogP contribution in [0, 0.1) is 10.1 Å². The van der Waals surface area contributed by atoms with E-state index >= 15 is 0 Å². The number of hydrogen-bond donors (Lipinski definition) is 0. The number of carbonyl (C=O) groups excluding carboxylic acids is 1. The van der Waals surface area contributed by atoms with E-state index in [1.165, 1.54) is 28.6 Å². The van der Waals surface area contributed by atoms with Crippen LogP contribution in [-0.2, 0) is 21.2 Å². The standard InChI is InChI=1S/C19H19N3O6S/c23-19(17-13-14-5-1-3-7-16(14)28-17)20-9-11-21(12-10-20)29(26,27)18-8-4-2-6-15(18)22(24)25/h1-8,17H,9-13H2/t17-/m1/s1. The lowest BCUT2D eigenvalue weighted by Gasteiger charge is -2.34. The van der Waals surface area contributed by atoms with Gasteiger partial charge in [-0.1, -0.05) is 30.3 Å². The Labute approximate surface area is 167 Å². The number of hydrogen-bond acceptors (Lipinski definition) is 6. The molecule has 0 N–H and O–H groups in total. The maximum Gasteiger partial charge on any atom is 0.289 e. The number of amides is 1. The van der Waals surface area contributed by atoms with Crippen LogP contribution in [-0.4, -0.2) is 60.7 Å². The summed E-state index contributed by atoms with van der Waals surface area (Å²) in [4.78, 5) is 24.5. The van der Waals surface area contributed by atoms with Crippen molar-refractivity contribution in [3.63, 3.8) is 0 Å². The maximum absolute atomic E-state index is 12.9. The molecule has 2 aromatic rings. The lowest BCUT2D eigenvalue weighted by Crippen LogP contribution is -2.53. The van der Waals surface area contributed by atoms with Gasteiger partial charge in [0.2, 0.25) is 10.0 Å². The van der Waals surface area contributed by atoms with Crippen LogP contribution in [0.1, 0.15) is 5.56 Å². The molecule has 152 valence electrons. The SMILES string of the molecule is O=C([C@H]1Cc2ccccc2O1)N1CCN(S(=O)(=O)c2ccccc2[N+](=O)[O-])CC1. The number of fused-ring (bicyclic) bond motifs is 1. The predicted octanol–water partition coefficient (Wildman–Crippen LogP) is 1.43. The summed E-state index contributed by atoms with van der Waals surface area (Å²) in [6.45, 7) is 0.545. The summed E-state index contributed by atoms with van der Waals surface area (Å²) in [6.07, 6.45) is -0.116. The fraction of sp³-hybridized carbons (Fsp3) is 0.316. The first-order chi connectivity index (χ1) is 13.9. The van der Waals surface area contributed by atoms with Crippen molar-refractivity contribution in [2.75, 3.05) is 26.2 Å². The molecule has 1 amide bonds. The van der Waals surface area contributed by atoms with Crippen LogP contribution in [0.4, 0.5) is 5.69 Å². The molecule has 0 spiro atoms. The minimum absolute atomic E-state index is 0.0692. The van der Waals surface area contributed by atoms with Gasteiger partial charge >= 0.3 is 0 Å². The Hall–Kier alpha value is -2.98. The Morgan fingerprint density at radius 1 is 1.03 bits per heavy atom. The first-order valence-electron chi connectivity index (χ1n) is 9.15. The second kappa shape index (κ2) is 7.45. The van der Waals surface area contributed by atoms with Gasteiger partial charge in [-0.2, -0.15) is 4.31 Å². The molecular formula is C19H19N3O6S. The van der Waals surface area contributed by atoms with Gasteiger partial charge in [0.15, 0.2) is 11.0 Å². The Balaban J connectivity index is 1.43. The minimum Gasteiger partial charge on any atom is -0.480 e. The van der Waals surface area contributed by atoms with Crippen molar-refractivity contribution in [1.29, 1.82) is 0 Å². The second-order valence-corrected chi connectivity index (χ2v) is 8.78. The summed E-state index contributed by atoms with van der Waals surface area (Å²) < 4.78 is 32.7. The van der Waals surface area contributed by atoms with E-state index in [4.69, 9.17) is 4.74 Å². The van der Waals surface area contributed by atoms with Gasteiger partial charge in [-0.3, -0.25) is 14.9 Å². The zero-order chi connectivity index (χ0) is 20.6. The minimum atomic E-state index is -4.03. The molecule has 10 heteroatoms. The summed E-state index contributed by atoms with van der Waals surface area (Å²) >= 11 is 0. The zero-order valence-corrected chi connectivity index (χ0v) is 16.2. The summed E-state index contributed by atoms with van der Waals surface area (Å²) in [5.74, 6) is 0.521. The van der Waals surface area contributed by atoms with Crippen molar-refractivity contribution in [2.24, 2.45) is 0 Å². The molecule has 29 heavy (non-hydrogen) atoms. The third-order valence-electron chi connectivity index (χ3n) is 5.15. The largest absolute Gasteiger partial charge is 0.480 e. The van der Waals surface area contributed by atoms with Gasteiger partial charge in [0.25, 0.3) is 11.6 Å². The number of ether oxygens (including phenoxy) is 1. The molecular weight excluding hydrogens is 398 g/mol. The molecule has 4 rings (SSSR count). The lowest BCUT2D eigenvalue weighted by atomic mass is 10.1. The third kappa shape index (κ3) is 3.56. The Morgan fingerprint density at radius 2 is 1.69 bits per heavy atom. The highest BCUT2D eigenvalue weighted by atomic mass is 32.2. The van der Waals surface area contributed by atoms with Gasteiger partial charge in [-0.05, 0) is 17.7 Å². The van der Waals surface area contributed by atoms with Crippen LogP contribution in [0.3, 0.4) is 0 Å². The molecule has 2 aliphatic heterocycles. The number of benzene rings is 2. The van der Waals surface area contributed by atoms with Gasteiger partial charge in [-0.25, -0.2) is 8.42 Å². The van der Waals surface area contributed by atoms with Gasteiger partial charge < -0.3 is 9.64 Å². The fourth-order valence-electron chi connectivity index (χ4n) is 3.64. The molecule has 2 heterocycles. The van der Waals surface area contributed by atoms with E-state index in [0.717, 1.165) is 5.56 Å². The summed E-state index contributed by atoms with van der Waals surface area (Å²) in [6, 6.07) is 12.7. The number of nitro groups is 1. The number of sulfonamides is 1. The molecule has 1 saturated heterocycles. The predicted molar refractivity (Wildman–Crippen MR) is 103 cm³/mol. The first-order valence-corrected chi connectivity index (χ1v) is 10.6. The summed E-state index contributed by atoms with van der Waals surface area (Å²) in [5, 5.41) is 11.2. The molecule has 0 bridgehead atoms. The normalized spacial score (nSPS) is 19.4. The second-order valence-electron chi connectivity index (χ2n) is 6.87. The summed E-state index contributed by atoms with van der Waals surface area (Å²) in [7, 11) is -4.03. The highest BCUT2D eigenvalue weighted by Gasteiger charge is 2.37. The van der Waals surface area contributed by atoms with Gasteiger partial charge in [0, 0.05) is 38.7 Å². The molecule has 0 saturated carbocycles. The highest BCUT2D eigenvalue weighted by molar-refractivity contribution is 7.89. The third-order valence-corrected chi connectivity index (χ3v) is 7.10. The van der Waals surface area contributed by atoms with Crippen LogP contribution in [0.2, 0.25) is 0 Å². The van der Waals surface area contributed by atoms with Crippen molar-refractivity contribution in [3.8, 4) is 5.75 Å². The van der Waals surface area contributed by atoms with Crippen molar-refractivity contribution in [1.82, 2.24) is 9.21 Å². The fourth-order valence-corrected chi connectivity index (χ4v) is 5.22. The quantitative estimate of drug-likeness (QED) is 0.550. The monoisotopic (exact) mass is 417 g/mol. The van der Waals surface area contributed by atoms with E-state index < -0.39 is 26.7 Å². The number of carbonyl (C=O) groups is 1. The van der Waals surface area contributed by atoms with E-state index in [-0.39, 0.29) is 37.0 Å². The van der Waals surface area contributed by atoms with Crippen molar-refractivity contribution in [3.05, 3.63) is 64.2 Å². The van der Waals surface area contributed by atoms with Crippen LogP contribution in [0.5, 0.6) is 5.75 Å². The number of nitro benzene ring substituents is 1. The molecule has 2 aliphatic rings. The molecule has 1 atom stereocenters. The average molecular weight is 417 g/mol. The van der Waals surface area contributed by atoms with E-state index in [9.17, 15) is 23.3 Å². The van der Waals surface area contributed by atoms with Crippen LogP contribution >= 0.6 is 0 Å². The molecule has 0 unspecified atom stereocenters. The van der Waals surface area contributed by atoms with Gasteiger partial charge in [0.05, 0.1) is 4.92 Å². The summed E-state index contributed by atoms with van der Waals surface area (Å²) in [5.41, 5.74) is 0.520. The number of nitrogens with zero attached hydrogens (tertiary/aromatic N) is 3. The first kappa shape index (κ1) is 19.3. The molecule has 2 aromatic carbocycles. The molecule has 9 nitrogen and oxygen atoms in total. The smallest absolute Gasteiger partial charge is 0.289 e. The van der Waals surface area contributed by atoms with Gasteiger partial charge in [0.1, 0.15) is 5.75 Å². The van der Waals surface area contributed by atoms with Gasteiger partial charge in [-0.15, -0.1) is 0 Å². The van der Waals surface area contributed by atoms with E-state index in [0.29, 0.717) is 12.2 Å². The number of rotatable bonds is 4. The highest BCUT2D eigenvalue weighted by Crippen LogP contribution is 2.30. The Morgan fingerprint density at radius 3 is 2.38 bits per heavy atom. The van der Waals surface area contributed by atoms with Crippen molar-refractivity contribution in [2.45, 2.75) is 17.4 Å². The molecule has 0 aliphatic carbocycles. The number of para-hydroxylation sites is 2.